The Hall–Kier alpha value is -4.66. The van der Waals surface area contributed by atoms with Crippen molar-refractivity contribution in [1.82, 2.24) is 10.0 Å². The van der Waals surface area contributed by atoms with Crippen molar-refractivity contribution < 1.29 is 9.59 Å². The van der Waals surface area contributed by atoms with Crippen molar-refractivity contribution in [2.75, 3.05) is 14.1 Å². The molecule has 0 saturated carbocycles. The number of benzene rings is 4. The average Bonchev–Trinajstić information content (AvgIpc) is 3.04. The van der Waals surface area contributed by atoms with Gasteiger partial charge in [0.25, 0.3) is 0 Å². The molecule has 4 aromatic rings. The lowest BCUT2D eigenvalue weighted by Crippen LogP contribution is -2.22. The van der Waals surface area contributed by atoms with Crippen molar-refractivity contribution >= 4 is 58.3 Å². The van der Waals surface area contributed by atoms with Crippen LogP contribution < -0.4 is 0 Å². The monoisotopic (exact) mass is 616 g/mol. The van der Waals surface area contributed by atoms with E-state index in [9.17, 15) is 9.59 Å². The molecule has 0 aliphatic heterocycles. The largest absolute Gasteiger partial charge is 0.295 e. The van der Waals surface area contributed by atoms with Crippen LogP contribution in [0.4, 0.5) is 0 Å². The summed E-state index contributed by atoms with van der Waals surface area (Å²) >= 11 is 2.66. The van der Waals surface area contributed by atoms with E-state index >= 15 is 0 Å². The van der Waals surface area contributed by atoms with Crippen LogP contribution in [0.5, 0.6) is 0 Å². The van der Waals surface area contributed by atoms with Crippen LogP contribution in [0.2, 0.25) is 0 Å². The van der Waals surface area contributed by atoms with E-state index in [0.29, 0.717) is 45.1 Å². The molecule has 0 bridgehead atoms. The smallest absolute Gasteiger partial charge is 0.195 e. The van der Waals surface area contributed by atoms with E-state index in [0.717, 1.165) is 22.3 Å². The van der Waals surface area contributed by atoms with Gasteiger partial charge in [0.15, 0.2) is 11.6 Å². The molecule has 6 nitrogen and oxygen atoms in total. The van der Waals surface area contributed by atoms with Crippen molar-refractivity contribution in [3.8, 4) is 0 Å². The van der Waals surface area contributed by atoms with Gasteiger partial charge >= 0.3 is 0 Å². The van der Waals surface area contributed by atoms with E-state index in [4.69, 9.17) is 0 Å². The van der Waals surface area contributed by atoms with Crippen LogP contribution in [-0.4, -0.2) is 46.8 Å². The maximum atomic E-state index is 13.8. The summed E-state index contributed by atoms with van der Waals surface area (Å²) in [6.45, 7) is 8.85. The Morgan fingerprint density at radius 3 is 1.36 bits per heavy atom. The van der Waals surface area contributed by atoms with E-state index < -0.39 is 0 Å². The zero-order valence-corrected chi connectivity index (χ0v) is 26.3. The predicted molar refractivity (Wildman–Crippen MR) is 184 cm³/mol. The number of hydrogen-bond donors (Lipinski definition) is 0. The normalized spacial score (nSPS) is 12.3. The molecule has 0 saturated heterocycles. The third-order valence-corrected chi connectivity index (χ3v) is 8.68. The van der Waals surface area contributed by atoms with Crippen molar-refractivity contribution in [1.29, 1.82) is 0 Å². The maximum Gasteiger partial charge on any atom is 0.195 e. The molecule has 5 rings (SSSR count). The Morgan fingerprint density at radius 1 is 0.614 bits per heavy atom. The Bertz CT molecular complexity index is 1630. The number of carbonyl (C=O) groups excluding carboxylic acids is 2. The zero-order valence-electron chi connectivity index (χ0n) is 24.6. The number of thioether (sulfide) groups is 2. The Kier molecular flexibility index (Phi) is 9.94. The van der Waals surface area contributed by atoms with Gasteiger partial charge in [0.2, 0.25) is 0 Å². The molecule has 1 aliphatic carbocycles. The molecule has 0 unspecified atom stereocenters. The minimum Gasteiger partial charge on any atom is -0.295 e. The Morgan fingerprint density at radius 2 is 1.00 bits per heavy atom. The van der Waals surface area contributed by atoms with Crippen molar-refractivity contribution in [2.45, 2.75) is 22.9 Å². The van der Waals surface area contributed by atoms with Crippen LogP contribution in [0.3, 0.4) is 0 Å². The molecular formula is C36H32N4O2S2. The molecule has 8 heteroatoms. The molecule has 0 aromatic heterocycles. The van der Waals surface area contributed by atoms with E-state index in [2.05, 4.69) is 23.4 Å². The van der Waals surface area contributed by atoms with Crippen molar-refractivity contribution in [3.63, 3.8) is 0 Å². The van der Waals surface area contributed by atoms with Crippen LogP contribution in [0, 0.1) is 0 Å². The summed E-state index contributed by atoms with van der Waals surface area (Å²) in [5, 5.41) is 12.7. The molecule has 4 aromatic carbocycles. The number of fused-ring (bicyclic) bond motifs is 2. The van der Waals surface area contributed by atoms with Crippen molar-refractivity contribution in [3.05, 3.63) is 143 Å². The molecule has 0 spiro atoms. The molecule has 0 heterocycles. The molecular weight excluding hydrogens is 585 g/mol. The van der Waals surface area contributed by atoms with Gasteiger partial charge in [0, 0.05) is 46.1 Å². The first-order valence-corrected chi connectivity index (χ1v) is 15.7. The second-order valence-corrected chi connectivity index (χ2v) is 12.0. The van der Waals surface area contributed by atoms with Crippen LogP contribution >= 0.6 is 23.5 Å². The van der Waals surface area contributed by atoms with Crippen LogP contribution in [0.15, 0.2) is 118 Å². The number of nitrogens with zero attached hydrogens (tertiary/aromatic N) is 4. The van der Waals surface area contributed by atoms with E-state index in [1.165, 1.54) is 23.5 Å². The van der Waals surface area contributed by atoms with Gasteiger partial charge in [-0.05, 0) is 34.4 Å². The van der Waals surface area contributed by atoms with Gasteiger partial charge in [-0.2, -0.15) is 10.2 Å². The second kappa shape index (κ2) is 14.2. The molecule has 220 valence electrons. The van der Waals surface area contributed by atoms with Crippen LogP contribution in [0.25, 0.3) is 12.2 Å². The number of ketones is 2. The van der Waals surface area contributed by atoms with Gasteiger partial charge in [0.1, 0.15) is 0 Å². The summed E-state index contributed by atoms with van der Waals surface area (Å²) in [7, 11) is 3.79. The maximum absolute atomic E-state index is 13.8. The molecule has 0 fully saturated rings. The summed E-state index contributed by atoms with van der Waals surface area (Å²) in [5.74, 6) is -0.331. The molecule has 0 atom stereocenters. The molecule has 1 aliphatic rings. The lowest BCUT2D eigenvalue weighted by atomic mass is 9.84. The summed E-state index contributed by atoms with van der Waals surface area (Å²) in [6.07, 6.45) is 3.63. The van der Waals surface area contributed by atoms with E-state index in [-0.39, 0.29) is 11.6 Å². The third-order valence-electron chi connectivity index (χ3n) is 7.10. The highest BCUT2D eigenvalue weighted by Crippen LogP contribution is 2.37. The van der Waals surface area contributed by atoms with Gasteiger partial charge in [0.05, 0.1) is 24.2 Å². The molecule has 0 N–H and O–H groups in total. The quantitative estimate of drug-likeness (QED) is 0.0611. The minimum absolute atomic E-state index is 0.166. The number of hydrazone groups is 2. The Labute approximate surface area is 266 Å². The summed E-state index contributed by atoms with van der Waals surface area (Å²) < 4.78 is 0. The third kappa shape index (κ3) is 7.10. The molecule has 44 heavy (non-hydrogen) atoms. The fourth-order valence-corrected chi connectivity index (χ4v) is 6.42. The topological polar surface area (TPSA) is 65.3 Å². The van der Waals surface area contributed by atoms with E-state index in [1.807, 2.05) is 109 Å². The predicted octanol–water partition coefficient (Wildman–Crippen LogP) is 8.08. The molecule has 0 radical (unpaired) electrons. The fraction of sp³-hybridized carbons (Fsp3) is 0.111. The standard InChI is InChI=1S/C36H32N4O2S2/c1-5-25-13-17-27(18-14-25)21-39(3)37-23-43-31-11-7-9-29-33(31)35(41)30-10-8-12-32(34(30)36(29)42)44-24-38-40(4)22-28-19-15-26(6-2)16-20-28/h5-20,23-24H,1-2,21-22H2,3-4H3. The SMILES string of the molecule is C=Cc1ccc(CN(C)N=CSc2cccc3c2C(=O)c2cccc(SC=NN(C)Cc4ccc(C=C)cc4)c2C3=O)cc1. The number of carbonyl (C=O) groups is 2. The van der Waals surface area contributed by atoms with Gasteiger partial charge < -0.3 is 0 Å². The first kappa shape index (κ1) is 30.8. The van der Waals surface area contributed by atoms with Crippen molar-refractivity contribution in [2.24, 2.45) is 10.2 Å². The van der Waals surface area contributed by atoms with Gasteiger partial charge in [-0.3, -0.25) is 19.6 Å². The lowest BCUT2D eigenvalue weighted by molar-refractivity contribution is 0.0974. The first-order valence-electron chi connectivity index (χ1n) is 14.0. The number of hydrogen-bond acceptors (Lipinski definition) is 8. The minimum atomic E-state index is -0.166. The first-order chi connectivity index (χ1) is 21.4. The lowest BCUT2D eigenvalue weighted by Gasteiger charge is -2.21. The van der Waals surface area contributed by atoms with Crippen LogP contribution in [0.1, 0.15) is 54.1 Å². The summed E-state index contributed by atoms with van der Waals surface area (Å²) in [4.78, 5) is 28.9. The van der Waals surface area contributed by atoms with E-state index in [1.54, 1.807) is 23.2 Å². The highest BCUT2D eigenvalue weighted by molar-refractivity contribution is 8.12. The Balaban J connectivity index is 1.28. The van der Waals surface area contributed by atoms with Gasteiger partial charge in [-0.25, -0.2) is 0 Å². The summed E-state index contributed by atoms with van der Waals surface area (Å²) in [5.41, 5.74) is 9.43. The number of rotatable bonds is 12. The van der Waals surface area contributed by atoms with Gasteiger partial charge in [-0.1, -0.05) is 122 Å². The molecule has 0 amide bonds. The van der Waals surface area contributed by atoms with Crippen LogP contribution in [-0.2, 0) is 13.1 Å². The fourth-order valence-electron chi connectivity index (χ4n) is 4.82. The second-order valence-electron chi connectivity index (χ2n) is 10.2. The average molecular weight is 617 g/mol. The van der Waals surface area contributed by atoms with Gasteiger partial charge in [-0.15, -0.1) is 0 Å². The zero-order chi connectivity index (χ0) is 31.1. The highest BCUT2D eigenvalue weighted by atomic mass is 32.2. The highest BCUT2D eigenvalue weighted by Gasteiger charge is 2.33. The summed E-state index contributed by atoms with van der Waals surface area (Å²) in [6, 6.07) is 27.0.